The van der Waals surface area contributed by atoms with Gasteiger partial charge in [0.1, 0.15) is 5.54 Å². The number of rotatable bonds is 5. The summed E-state index contributed by atoms with van der Waals surface area (Å²) in [6, 6.07) is 0. The molecule has 0 aliphatic carbocycles. The second kappa shape index (κ2) is 5.46. The monoisotopic (exact) mass is 282 g/mol. The maximum atomic E-state index is 2.56. The molecule has 0 spiro atoms. The van der Waals surface area contributed by atoms with Crippen LogP contribution in [-0.4, -0.2) is 60.8 Å². The fourth-order valence-corrected chi connectivity index (χ4v) is 3.36. The largest absolute Gasteiger partial charge is 0.326 e. The van der Waals surface area contributed by atoms with Crippen molar-refractivity contribution in [2.24, 2.45) is 0 Å². The molecule has 1 aliphatic rings. The first kappa shape index (κ1) is 17.7. The van der Waals surface area contributed by atoms with E-state index in [1.54, 1.807) is 5.57 Å². The molecule has 0 saturated heterocycles. The third kappa shape index (κ3) is 3.12. The molecular weight excluding hydrogens is 244 g/mol. The highest BCUT2D eigenvalue weighted by molar-refractivity contribution is 5.16. The number of hydrogen-bond donors (Lipinski definition) is 0. The first-order valence-corrected chi connectivity index (χ1v) is 8.29. The standard InChI is InChI=1S/C18H38N2/c1-10-20(9,11-2)13-12-16-14-17(3,4)19(7,8)18(5,6)15-16/h14H,10-13,15H2,1-9H3/q+2. The number of nitrogens with zero attached hydrogens (tertiary/aromatic N) is 2. The zero-order valence-electron chi connectivity index (χ0n) is 15.5. The summed E-state index contributed by atoms with van der Waals surface area (Å²) < 4.78 is 2.26. The van der Waals surface area contributed by atoms with Gasteiger partial charge in [-0.2, -0.15) is 0 Å². The third-order valence-corrected chi connectivity index (χ3v) is 6.67. The van der Waals surface area contributed by atoms with Crippen molar-refractivity contribution >= 4 is 0 Å². The Morgan fingerprint density at radius 3 is 2.00 bits per heavy atom. The Kier molecular flexibility index (Phi) is 4.83. The van der Waals surface area contributed by atoms with Crippen molar-refractivity contribution in [2.45, 2.75) is 65.5 Å². The van der Waals surface area contributed by atoms with E-state index in [9.17, 15) is 0 Å². The van der Waals surface area contributed by atoms with Crippen LogP contribution in [0.1, 0.15) is 54.4 Å². The van der Waals surface area contributed by atoms with E-state index in [4.69, 9.17) is 0 Å². The summed E-state index contributed by atoms with van der Waals surface area (Å²) in [5, 5.41) is 0. The lowest BCUT2D eigenvalue weighted by Gasteiger charge is -2.56. The molecule has 0 bridgehead atoms. The van der Waals surface area contributed by atoms with Gasteiger partial charge >= 0.3 is 0 Å². The van der Waals surface area contributed by atoms with Crippen molar-refractivity contribution in [1.82, 2.24) is 0 Å². The molecule has 0 atom stereocenters. The van der Waals surface area contributed by atoms with Crippen molar-refractivity contribution in [3.8, 4) is 0 Å². The summed E-state index contributed by atoms with van der Waals surface area (Å²) in [6.07, 6.45) is 5.05. The second-order valence-corrected chi connectivity index (χ2v) is 8.62. The SMILES string of the molecule is CC[N+](C)(CC)CCC1=CC(C)(C)[N+](C)(C)C(C)(C)C1. The first-order chi connectivity index (χ1) is 8.91. The Bertz CT molecular complexity index is 371. The minimum Gasteiger partial charge on any atom is -0.326 e. The second-order valence-electron chi connectivity index (χ2n) is 8.62. The van der Waals surface area contributed by atoms with Crippen LogP contribution >= 0.6 is 0 Å². The fourth-order valence-electron chi connectivity index (χ4n) is 3.36. The fraction of sp³-hybridized carbons (Fsp3) is 0.889. The lowest BCUT2D eigenvalue weighted by atomic mass is 9.77. The van der Waals surface area contributed by atoms with Crippen molar-refractivity contribution in [3.63, 3.8) is 0 Å². The molecule has 0 fully saturated rings. The van der Waals surface area contributed by atoms with Crippen LogP contribution in [0.4, 0.5) is 0 Å². The Morgan fingerprint density at radius 2 is 1.60 bits per heavy atom. The summed E-state index contributed by atoms with van der Waals surface area (Å²) in [5.74, 6) is 0. The van der Waals surface area contributed by atoms with Crippen LogP contribution in [0, 0.1) is 0 Å². The maximum Gasteiger partial charge on any atom is 0.112 e. The zero-order chi connectivity index (χ0) is 15.8. The minimum absolute atomic E-state index is 0.221. The van der Waals surface area contributed by atoms with Gasteiger partial charge in [-0.05, 0) is 47.6 Å². The van der Waals surface area contributed by atoms with Crippen molar-refractivity contribution in [3.05, 3.63) is 11.6 Å². The smallest absolute Gasteiger partial charge is 0.112 e. The summed E-state index contributed by atoms with van der Waals surface area (Å²) in [7, 11) is 7.15. The van der Waals surface area contributed by atoms with E-state index in [-0.39, 0.29) is 5.54 Å². The number of quaternary nitrogens is 2. The van der Waals surface area contributed by atoms with Crippen molar-refractivity contribution in [1.29, 1.82) is 0 Å². The van der Waals surface area contributed by atoms with Gasteiger partial charge in [-0.15, -0.1) is 0 Å². The molecule has 118 valence electrons. The van der Waals surface area contributed by atoms with Gasteiger partial charge in [0.2, 0.25) is 0 Å². The highest BCUT2D eigenvalue weighted by Gasteiger charge is 2.50. The van der Waals surface area contributed by atoms with Crippen LogP contribution in [-0.2, 0) is 0 Å². The summed E-state index contributed by atoms with van der Waals surface area (Å²) in [6.45, 7) is 18.0. The molecule has 0 unspecified atom stereocenters. The lowest BCUT2D eigenvalue weighted by Crippen LogP contribution is -2.68. The molecule has 0 amide bonds. The summed E-state index contributed by atoms with van der Waals surface area (Å²) in [4.78, 5) is 0. The molecule has 1 aliphatic heterocycles. The minimum atomic E-state index is 0.221. The Morgan fingerprint density at radius 1 is 1.10 bits per heavy atom. The topological polar surface area (TPSA) is 0 Å². The molecule has 0 radical (unpaired) electrons. The summed E-state index contributed by atoms with van der Waals surface area (Å²) in [5.41, 5.74) is 2.21. The Labute approximate surface area is 127 Å². The quantitative estimate of drug-likeness (QED) is 0.531. The van der Waals surface area contributed by atoms with E-state index < -0.39 is 0 Å². The van der Waals surface area contributed by atoms with E-state index >= 15 is 0 Å². The van der Waals surface area contributed by atoms with Gasteiger partial charge in [-0.25, -0.2) is 0 Å². The van der Waals surface area contributed by atoms with Crippen molar-refractivity contribution in [2.75, 3.05) is 40.8 Å². The summed E-state index contributed by atoms with van der Waals surface area (Å²) >= 11 is 0. The van der Waals surface area contributed by atoms with Crippen LogP contribution < -0.4 is 0 Å². The van der Waals surface area contributed by atoms with Crippen molar-refractivity contribution < 1.29 is 8.97 Å². The van der Waals surface area contributed by atoms with Gasteiger partial charge < -0.3 is 8.97 Å². The van der Waals surface area contributed by atoms with Gasteiger partial charge in [-0.1, -0.05) is 5.57 Å². The molecule has 0 aromatic carbocycles. The average Bonchev–Trinajstić information content (AvgIpc) is 2.33. The predicted molar refractivity (Wildman–Crippen MR) is 89.7 cm³/mol. The van der Waals surface area contributed by atoms with E-state index in [1.807, 2.05) is 0 Å². The van der Waals surface area contributed by atoms with Gasteiger partial charge in [0.15, 0.2) is 0 Å². The van der Waals surface area contributed by atoms with Crippen LogP contribution in [0.25, 0.3) is 0 Å². The van der Waals surface area contributed by atoms with Crippen LogP contribution in [0.15, 0.2) is 11.6 Å². The first-order valence-electron chi connectivity index (χ1n) is 8.29. The molecule has 0 saturated carbocycles. The maximum absolute atomic E-state index is 2.56. The Balaban J connectivity index is 2.91. The van der Waals surface area contributed by atoms with Gasteiger partial charge in [0.05, 0.1) is 46.3 Å². The number of likely N-dealkylation sites (N-methyl/N-ethyl adjacent to an activating group) is 1. The zero-order valence-corrected chi connectivity index (χ0v) is 15.5. The van der Waals surface area contributed by atoms with Gasteiger partial charge in [0, 0.05) is 12.8 Å². The van der Waals surface area contributed by atoms with Crippen LogP contribution in [0.2, 0.25) is 0 Å². The van der Waals surface area contributed by atoms with Crippen LogP contribution in [0.5, 0.6) is 0 Å². The van der Waals surface area contributed by atoms with E-state index in [1.165, 1.54) is 37.0 Å². The van der Waals surface area contributed by atoms with Crippen LogP contribution in [0.3, 0.4) is 0 Å². The van der Waals surface area contributed by atoms with Gasteiger partial charge in [0.25, 0.3) is 0 Å². The predicted octanol–water partition coefficient (Wildman–Crippen LogP) is 3.83. The Hall–Kier alpha value is -0.340. The molecule has 0 aromatic rings. The highest BCUT2D eigenvalue weighted by atomic mass is 15.4. The van der Waals surface area contributed by atoms with E-state index in [0.29, 0.717) is 5.54 Å². The van der Waals surface area contributed by atoms with E-state index in [2.05, 4.69) is 68.8 Å². The molecular formula is C18H38N2+2. The molecule has 2 heteroatoms. The molecule has 1 heterocycles. The third-order valence-electron chi connectivity index (χ3n) is 6.67. The average molecular weight is 283 g/mol. The lowest BCUT2D eigenvalue weighted by molar-refractivity contribution is -0.976. The molecule has 0 aromatic heterocycles. The molecule has 2 nitrogen and oxygen atoms in total. The molecule has 0 N–H and O–H groups in total. The number of hydrogen-bond acceptors (Lipinski definition) is 0. The highest BCUT2D eigenvalue weighted by Crippen LogP contribution is 2.42. The van der Waals surface area contributed by atoms with Gasteiger partial charge in [-0.3, -0.25) is 0 Å². The normalized spacial score (nSPS) is 24.4. The van der Waals surface area contributed by atoms with E-state index in [0.717, 1.165) is 4.48 Å². The molecule has 20 heavy (non-hydrogen) atoms. The molecule has 1 rings (SSSR count).